The number of benzene rings is 2. The fraction of sp³-hybridized carbons (Fsp3) is 0.400. The van der Waals surface area contributed by atoms with Crippen molar-refractivity contribution in [1.82, 2.24) is 4.90 Å². The van der Waals surface area contributed by atoms with Gasteiger partial charge >= 0.3 is 0 Å². The number of anilines is 1. The molecule has 1 fully saturated rings. The van der Waals surface area contributed by atoms with Crippen LogP contribution < -0.4 is 4.90 Å². The minimum absolute atomic E-state index is 0. The summed E-state index contributed by atoms with van der Waals surface area (Å²) in [4.78, 5) is 4.49. The molecule has 0 amide bonds. The van der Waals surface area contributed by atoms with Crippen molar-refractivity contribution in [3.8, 4) is 0 Å². The molecule has 1 saturated heterocycles. The lowest BCUT2D eigenvalue weighted by Gasteiger charge is -2.36. The summed E-state index contributed by atoms with van der Waals surface area (Å²) in [6.07, 6.45) is -0.485. The average molecular weight is 417 g/mol. The van der Waals surface area contributed by atoms with Gasteiger partial charge in [0.25, 0.3) is 0 Å². The van der Waals surface area contributed by atoms with Crippen molar-refractivity contribution in [2.45, 2.75) is 12.7 Å². The number of hydrogen-bond donors (Lipinski definition) is 1. The van der Waals surface area contributed by atoms with Crippen LogP contribution in [0.15, 0.2) is 54.6 Å². The number of aliphatic hydroxyl groups is 1. The van der Waals surface area contributed by atoms with Crippen molar-refractivity contribution in [1.29, 1.82) is 0 Å². The molecular formula is C20H27Cl2FN2O2. The summed E-state index contributed by atoms with van der Waals surface area (Å²) in [5.74, 6) is -0.207. The van der Waals surface area contributed by atoms with Crippen LogP contribution in [0.25, 0.3) is 0 Å². The van der Waals surface area contributed by atoms with E-state index in [1.807, 2.05) is 42.5 Å². The van der Waals surface area contributed by atoms with Crippen LogP contribution in [0, 0.1) is 5.82 Å². The van der Waals surface area contributed by atoms with Gasteiger partial charge in [0.05, 0.1) is 19.3 Å². The van der Waals surface area contributed by atoms with E-state index in [2.05, 4.69) is 9.80 Å². The highest BCUT2D eigenvalue weighted by Crippen LogP contribution is 2.17. The Bertz CT molecular complexity index is 638. The Balaban J connectivity index is 0.00000182. The second kappa shape index (κ2) is 12.2. The summed E-state index contributed by atoms with van der Waals surface area (Å²) in [6.45, 7) is 5.00. The molecular weight excluding hydrogens is 390 g/mol. The third-order valence-corrected chi connectivity index (χ3v) is 4.45. The zero-order valence-corrected chi connectivity index (χ0v) is 16.8. The van der Waals surface area contributed by atoms with E-state index in [1.54, 1.807) is 0 Å². The first-order chi connectivity index (χ1) is 12.2. The molecule has 1 aliphatic heterocycles. The molecule has 0 saturated carbocycles. The molecule has 0 bridgehead atoms. The Morgan fingerprint density at radius 3 is 2.19 bits per heavy atom. The van der Waals surface area contributed by atoms with Crippen molar-refractivity contribution >= 4 is 30.5 Å². The van der Waals surface area contributed by atoms with Crippen LogP contribution in [0.3, 0.4) is 0 Å². The zero-order chi connectivity index (χ0) is 17.5. The predicted molar refractivity (Wildman–Crippen MR) is 112 cm³/mol. The van der Waals surface area contributed by atoms with Crippen LogP contribution in [-0.2, 0) is 11.3 Å². The van der Waals surface area contributed by atoms with Crippen LogP contribution in [0.2, 0.25) is 0 Å². The molecule has 0 aromatic heterocycles. The molecule has 4 nitrogen and oxygen atoms in total. The molecule has 7 heteroatoms. The molecule has 3 rings (SSSR count). The van der Waals surface area contributed by atoms with E-state index in [0.29, 0.717) is 19.8 Å². The van der Waals surface area contributed by atoms with Gasteiger partial charge in [0, 0.05) is 38.4 Å². The van der Waals surface area contributed by atoms with E-state index in [9.17, 15) is 9.50 Å². The van der Waals surface area contributed by atoms with Crippen LogP contribution in [0.1, 0.15) is 5.56 Å². The maximum atomic E-state index is 13.0. The third-order valence-electron chi connectivity index (χ3n) is 4.45. The van der Waals surface area contributed by atoms with Crippen molar-refractivity contribution in [3.05, 3.63) is 66.0 Å². The minimum atomic E-state index is -0.485. The number of nitrogens with zero attached hydrogens (tertiary/aromatic N) is 2. The molecule has 0 spiro atoms. The van der Waals surface area contributed by atoms with E-state index in [0.717, 1.165) is 37.4 Å². The highest BCUT2D eigenvalue weighted by Gasteiger charge is 2.19. The largest absolute Gasteiger partial charge is 0.389 e. The molecule has 27 heavy (non-hydrogen) atoms. The second-order valence-corrected chi connectivity index (χ2v) is 6.42. The van der Waals surface area contributed by atoms with Gasteiger partial charge in [-0.25, -0.2) is 4.39 Å². The SMILES string of the molecule is Cl.Cl.OC(COCc1ccccc1)CN1CCN(c2ccc(F)cc2)CC1. The lowest BCUT2D eigenvalue weighted by atomic mass is 10.2. The summed E-state index contributed by atoms with van der Waals surface area (Å²) in [7, 11) is 0. The van der Waals surface area contributed by atoms with E-state index in [-0.39, 0.29) is 30.6 Å². The van der Waals surface area contributed by atoms with E-state index < -0.39 is 6.10 Å². The first-order valence-electron chi connectivity index (χ1n) is 8.73. The minimum Gasteiger partial charge on any atom is -0.389 e. The highest BCUT2D eigenvalue weighted by atomic mass is 35.5. The van der Waals surface area contributed by atoms with Crippen molar-refractivity contribution in [3.63, 3.8) is 0 Å². The molecule has 2 aromatic carbocycles. The number of halogens is 3. The molecule has 2 aromatic rings. The lowest BCUT2D eigenvalue weighted by molar-refractivity contribution is 0.00914. The molecule has 1 atom stereocenters. The molecule has 1 N–H and O–H groups in total. The molecule has 1 aliphatic rings. The third kappa shape index (κ3) is 7.64. The monoisotopic (exact) mass is 416 g/mol. The van der Waals surface area contributed by atoms with Gasteiger partial charge in [0.2, 0.25) is 0 Å². The van der Waals surface area contributed by atoms with Gasteiger partial charge in [0.15, 0.2) is 0 Å². The number of ether oxygens (including phenoxy) is 1. The zero-order valence-electron chi connectivity index (χ0n) is 15.2. The Kier molecular flexibility index (Phi) is 10.7. The summed E-state index contributed by atoms with van der Waals surface area (Å²) in [5, 5.41) is 10.2. The van der Waals surface area contributed by atoms with Crippen molar-refractivity contribution < 1.29 is 14.2 Å². The fourth-order valence-corrected chi connectivity index (χ4v) is 3.08. The summed E-state index contributed by atoms with van der Waals surface area (Å²) in [6, 6.07) is 16.6. The average Bonchev–Trinajstić information content (AvgIpc) is 2.64. The van der Waals surface area contributed by atoms with Gasteiger partial charge in [-0.2, -0.15) is 0 Å². The van der Waals surface area contributed by atoms with Crippen LogP contribution in [-0.4, -0.2) is 55.4 Å². The van der Waals surface area contributed by atoms with Crippen LogP contribution >= 0.6 is 24.8 Å². The Labute approximate surface area is 172 Å². The number of β-amino-alcohol motifs (C(OH)–C–C–N with tert-alkyl or cyclic N) is 1. The number of hydrogen-bond acceptors (Lipinski definition) is 4. The Hall–Kier alpha value is -1.37. The predicted octanol–water partition coefficient (Wildman–Crippen LogP) is 3.37. The maximum absolute atomic E-state index is 13.0. The summed E-state index contributed by atoms with van der Waals surface area (Å²) < 4.78 is 18.6. The summed E-state index contributed by atoms with van der Waals surface area (Å²) in [5.41, 5.74) is 2.16. The van der Waals surface area contributed by atoms with Crippen molar-refractivity contribution in [2.24, 2.45) is 0 Å². The van der Waals surface area contributed by atoms with Gasteiger partial charge < -0.3 is 14.7 Å². The van der Waals surface area contributed by atoms with Crippen LogP contribution in [0.4, 0.5) is 10.1 Å². The maximum Gasteiger partial charge on any atom is 0.123 e. The normalized spacial score (nSPS) is 15.6. The van der Waals surface area contributed by atoms with Gasteiger partial charge in [-0.3, -0.25) is 4.90 Å². The van der Waals surface area contributed by atoms with E-state index >= 15 is 0 Å². The highest BCUT2D eigenvalue weighted by molar-refractivity contribution is 5.85. The molecule has 1 heterocycles. The van der Waals surface area contributed by atoms with Crippen molar-refractivity contribution in [2.75, 3.05) is 44.2 Å². The van der Waals surface area contributed by atoms with Gasteiger partial charge in [-0.1, -0.05) is 30.3 Å². The number of piperazine rings is 1. The smallest absolute Gasteiger partial charge is 0.123 e. The van der Waals surface area contributed by atoms with Gasteiger partial charge in [0.1, 0.15) is 5.82 Å². The molecule has 1 unspecified atom stereocenters. The Morgan fingerprint density at radius 2 is 1.56 bits per heavy atom. The standard InChI is InChI=1S/C20H25FN2O2.2ClH/c21-18-6-8-19(9-7-18)23-12-10-22(11-13-23)14-20(24)16-25-15-17-4-2-1-3-5-17;;/h1-9,20,24H,10-16H2;2*1H. The number of aliphatic hydroxyl groups excluding tert-OH is 1. The topological polar surface area (TPSA) is 35.9 Å². The number of rotatable bonds is 7. The first-order valence-corrected chi connectivity index (χ1v) is 8.73. The van der Waals surface area contributed by atoms with E-state index in [1.165, 1.54) is 12.1 Å². The molecule has 0 radical (unpaired) electrons. The molecule has 0 aliphatic carbocycles. The lowest BCUT2D eigenvalue weighted by Crippen LogP contribution is -2.49. The van der Waals surface area contributed by atoms with Crippen LogP contribution in [0.5, 0.6) is 0 Å². The summed E-state index contributed by atoms with van der Waals surface area (Å²) >= 11 is 0. The van der Waals surface area contributed by atoms with Gasteiger partial charge in [-0.05, 0) is 29.8 Å². The molecule has 150 valence electrons. The quantitative estimate of drug-likeness (QED) is 0.750. The first kappa shape index (κ1) is 23.7. The Morgan fingerprint density at radius 1 is 0.926 bits per heavy atom. The second-order valence-electron chi connectivity index (χ2n) is 6.42. The fourth-order valence-electron chi connectivity index (χ4n) is 3.08. The van der Waals surface area contributed by atoms with E-state index in [4.69, 9.17) is 4.74 Å². The van der Waals surface area contributed by atoms with Gasteiger partial charge in [-0.15, -0.1) is 24.8 Å².